The third-order valence-electron chi connectivity index (χ3n) is 0.313. The number of allylic oxidation sites excluding steroid dienone is 1. The van der Waals surface area contributed by atoms with Crippen LogP contribution in [-0.2, 0) is 9.15 Å². The van der Waals surface area contributed by atoms with Crippen LogP contribution in [0.4, 0.5) is 0 Å². The summed E-state index contributed by atoms with van der Waals surface area (Å²) >= 11 is 0. The van der Waals surface area contributed by atoms with Crippen molar-refractivity contribution >= 4 is 19.9 Å². The van der Waals surface area contributed by atoms with Gasteiger partial charge in [0.25, 0.3) is 0 Å². The molecule has 0 unspecified atom stereocenters. The van der Waals surface area contributed by atoms with Crippen molar-refractivity contribution in [3.8, 4) is 0 Å². The maximum absolute atomic E-state index is 9.86. The van der Waals surface area contributed by atoms with Gasteiger partial charge in [-0.25, -0.2) is 0 Å². The lowest BCUT2D eigenvalue weighted by molar-refractivity contribution is 0.503. The highest BCUT2D eigenvalue weighted by molar-refractivity contribution is 8.71. The van der Waals surface area contributed by atoms with Gasteiger partial charge in [0.15, 0.2) is 0 Å². The highest BCUT2D eigenvalue weighted by Gasteiger charge is 1.98. The smallest absolute Gasteiger partial charge is 0.277 e. The molecule has 0 spiro atoms. The second kappa shape index (κ2) is 3.11. The van der Waals surface area contributed by atoms with Gasteiger partial charge in [-0.1, -0.05) is 6.08 Å². The Morgan fingerprint density at radius 2 is 2.12 bits per heavy atom. The molecule has 0 aliphatic heterocycles. The largest absolute Gasteiger partial charge is 0.323 e. The minimum atomic E-state index is -3.86. The van der Waals surface area contributed by atoms with Gasteiger partial charge in [-0.15, -0.1) is 0 Å². The van der Waals surface area contributed by atoms with Crippen LogP contribution in [0.15, 0.2) is 11.5 Å². The summed E-state index contributed by atoms with van der Waals surface area (Å²) in [5.74, 6) is 0. The van der Waals surface area contributed by atoms with Crippen molar-refractivity contribution in [2.24, 2.45) is 0 Å². The van der Waals surface area contributed by atoms with Gasteiger partial charge in [-0.05, 0) is 12.3 Å². The van der Waals surface area contributed by atoms with Crippen LogP contribution in [0.2, 0.25) is 0 Å². The van der Waals surface area contributed by atoms with Gasteiger partial charge in [0, 0.05) is 10.8 Å². The van der Waals surface area contributed by atoms with Crippen LogP contribution < -0.4 is 0 Å². The van der Waals surface area contributed by atoms with E-state index in [4.69, 9.17) is 4.55 Å². The van der Waals surface area contributed by atoms with Crippen molar-refractivity contribution < 1.29 is 13.0 Å². The van der Waals surface area contributed by atoms with Gasteiger partial charge < -0.3 is 0 Å². The van der Waals surface area contributed by atoms with Crippen LogP contribution in [0.1, 0.15) is 6.92 Å². The van der Waals surface area contributed by atoms with E-state index in [-0.39, 0.29) is 0 Å². The summed E-state index contributed by atoms with van der Waals surface area (Å²) < 4.78 is 27.7. The van der Waals surface area contributed by atoms with Gasteiger partial charge in [0.1, 0.15) is 0 Å². The Bertz CT molecular complexity index is 167. The zero-order valence-corrected chi connectivity index (χ0v) is 5.87. The summed E-state index contributed by atoms with van der Waals surface area (Å²) in [5.41, 5.74) is 0. The molecule has 0 atom stereocenters. The van der Waals surface area contributed by atoms with E-state index in [0.29, 0.717) is 10.8 Å². The van der Waals surface area contributed by atoms with Crippen LogP contribution in [0.25, 0.3) is 0 Å². The maximum atomic E-state index is 9.86. The second-order valence-corrected chi connectivity index (χ2v) is 4.15. The summed E-state index contributed by atoms with van der Waals surface area (Å²) in [6.45, 7) is 1.66. The van der Waals surface area contributed by atoms with Crippen molar-refractivity contribution in [3.05, 3.63) is 11.5 Å². The van der Waals surface area contributed by atoms with Crippen LogP contribution in [0, 0.1) is 0 Å². The molecule has 0 bridgehead atoms. The highest BCUT2D eigenvalue weighted by Crippen LogP contribution is 2.09. The minimum absolute atomic E-state index is 0.381. The molecule has 0 aromatic heterocycles. The Hall–Kier alpha value is -0.0000000000000000763. The fourth-order valence-electron chi connectivity index (χ4n) is 0.126. The topological polar surface area (TPSA) is 54.4 Å². The van der Waals surface area contributed by atoms with Crippen molar-refractivity contribution in [3.63, 3.8) is 0 Å². The van der Waals surface area contributed by atoms with Gasteiger partial charge in [-0.3, -0.25) is 4.55 Å². The van der Waals surface area contributed by atoms with E-state index in [1.165, 1.54) is 11.5 Å². The zero-order valence-electron chi connectivity index (χ0n) is 4.23. The molecule has 0 aliphatic carbocycles. The SMILES string of the molecule is C/C=C\SS(=O)(=O)O. The summed E-state index contributed by atoms with van der Waals surface area (Å²) in [7, 11) is -3.48. The lowest BCUT2D eigenvalue weighted by Gasteiger charge is -1.82. The normalized spacial score (nSPS) is 12.8. The highest BCUT2D eigenvalue weighted by atomic mass is 33.1. The predicted molar refractivity (Wildman–Crippen MR) is 34.0 cm³/mol. The van der Waals surface area contributed by atoms with Crippen molar-refractivity contribution in [1.29, 1.82) is 0 Å². The third kappa shape index (κ3) is 6.00. The summed E-state index contributed by atoms with van der Waals surface area (Å²) in [6.07, 6.45) is 1.53. The second-order valence-electron chi connectivity index (χ2n) is 0.993. The van der Waals surface area contributed by atoms with Gasteiger partial charge >= 0.3 is 9.15 Å². The number of hydrogen-bond donors (Lipinski definition) is 1. The Labute approximate surface area is 51.9 Å². The first kappa shape index (κ1) is 8.00. The monoisotopic (exact) mass is 154 g/mol. The summed E-state index contributed by atoms with van der Waals surface area (Å²) in [5, 5.41) is 1.29. The molecular formula is C3H6O3S2. The molecule has 8 heavy (non-hydrogen) atoms. The molecule has 48 valence electrons. The van der Waals surface area contributed by atoms with Crippen LogP contribution >= 0.6 is 10.8 Å². The fraction of sp³-hybridized carbons (Fsp3) is 0.333. The van der Waals surface area contributed by atoms with E-state index in [0.717, 1.165) is 0 Å². The van der Waals surface area contributed by atoms with Gasteiger partial charge in [0.05, 0.1) is 0 Å². The Morgan fingerprint density at radius 3 is 2.25 bits per heavy atom. The molecule has 0 radical (unpaired) electrons. The Balaban J connectivity index is 3.76. The van der Waals surface area contributed by atoms with E-state index < -0.39 is 9.15 Å². The molecule has 1 N–H and O–H groups in total. The van der Waals surface area contributed by atoms with Crippen molar-refractivity contribution in [2.45, 2.75) is 6.92 Å². The standard InChI is InChI=1S/C3H6O3S2/c1-2-3-7-8(4,5)6/h2-3H,1H3,(H,4,5,6)/b3-2-. The first-order valence-electron chi connectivity index (χ1n) is 1.83. The van der Waals surface area contributed by atoms with Crippen molar-refractivity contribution in [2.75, 3.05) is 0 Å². The number of hydrogen-bond acceptors (Lipinski definition) is 3. The molecule has 0 rings (SSSR count). The molecule has 0 heterocycles. The molecule has 0 amide bonds. The lowest BCUT2D eigenvalue weighted by Crippen LogP contribution is -1.84. The Kier molecular flexibility index (Phi) is 3.11. The molecular weight excluding hydrogens is 148 g/mol. The summed E-state index contributed by atoms with van der Waals surface area (Å²) in [4.78, 5) is 0. The maximum Gasteiger partial charge on any atom is 0.323 e. The summed E-state index contributed by atoms with van der Waals surface area (Å²) in [6, 6.07) is 0. The van der Waals surface area contributed by atoms with E-state index in [2.05, 4.69) is 0 Å². The van der Waals surface area contributed by atoms with E-state index >= 15 is 0 Å². The Morgan fingerprint density at radius 1 is 1.62 bits per heavy atom. The zero-order chi connectivity index (χ0) is 6.62. The number of rotatable bonds is 2. The molecule has 0 aromatic rings. The lowest BCUT2D eigenvalue weighted by atomic mass is 10.8. The van der Waals surface area contributed by atoms with Crippen molar-refractivity contribution in [1.82, 2.24) is 0 Å². The van der Waals surface area contributed by atoms with Crippen LogP contribution in [0.3, 0.4) is 0 Å². The van der Waals surface area contributed by atoms with E-state index in [1.807, 2.05) is 0 Å². The average Bonchev–Trinajstić information content (AvgIpc) is 1.59. The van der Waals surface area contributed by atoms with Crippen LogP contribution in [-0.4, -0.2) is 13.0 Å². The van der Waals surface area contributed by atoms with Crippen LogP contribution in [0.5, 0.6) is 0 Å². The van der Waals surface area contributed by atoms with E-state index in [9.17, 15) is 8.42 Å². The molecule has 0 fully saturated rings. The first-order valence-corrected chi connectivity index (χ1v) is 4.67. The molecule has 0 aromatic carbocycles. The quantitative estimate of drug-likeness (QED) is 0.477. The molecule has 0 saturated carbocycles. The molecule has 0 saturated heterocycles. The predicted octanol–water partition coefficient (Wildman–Crippen LogP) is 1.06. The molecule has 5 heteroatoms. The average molecular weight is 154 g/mol. The first-order chi connectivity index (χ1) is 3.56. The minimum Gasteiger partial charge on any atom is -0.277 e. The molecule has 3 nitrogen and oxygen atoms in total. The van der Waals surface area contributed by atoms with Gasteiger partial charge in [-0.2, -0.15) is 8.42 Å². The third-order valence-corrected chi connectivity index (χ3v) is 2.00. The van der Waals surface area contributed by atoms with E-state index in [1.54, 1.807) is 6.92 Å². The molecule has 0 aliphatic rings. The fourth-order valence-corrected chi connectivity index (χ4v) is 1.13. The van der Waals surface area contributed by atoms with Gasteiger partial charge in [0.2, 0.25) is 0 Å².